The van der Waals surface area contributed by atoms with Crippen LogP contribution in [0.25, 0.3) is 0 Å². The number of hydrogen-bond acceptors (Lipinski definition) is 4. The zero-order valence-electron chi connectivity index (χ0n) is 25.9. The Hall–Kier alpha value is -5.43. The third-order valence-corrected chi connectivity index (χ3v) is 8.34. The fourth-order valence-electron chi connectivity index (χ4n) is 6.02. The smallest absolute Gasteiger partial charge is 0.252 e. The van der Waals surface area contributed by atoms with Crippen LogP contribution < -0.4 is 19.9 Å². The first-order valence-electron chi connectivity index (χ1n) is 15.5. The molecule has 1 N–H and O–H groups in total. The fourth-order valence-corrected chi connectivity index (χ4v) is 6.02. The average Bonchev–Trinajstić information content (AvgIpc) is 3.48. The van der Waals surface area contributed by atoms with Gasteiger partial charge in [-0.1, -0.05) is 66.7 Å². The van der Waals surface area contributed by atoms with Crippen molar-refractivity contribution in [3.8, 4) is 11.5 Å². The van der Waals surface area contributed by atoms with Crippen LogP contribution in [0.1, 0.15) is 34.7 Å². The molecule has 0 aliphatic carbocycles. The molecular weight excluding hydrogens is 577 g/mol. The Kier molecular flexibility index (Phi) is 9.10. The van der Waals surface area contributed by atoms with Crippen molar-refractivity contribution in [3.63, 3.8) is 0 Å². The van der Waals surface area contributed by atoms with Crippen LogP contribution in [0.15, 0.2) is 121 Å². The summed E-state index contributed by atoms with van der Waals surface area (Å²) in [6, 6.07) is 35.2. The number of amides is 2. The number of hydrogen-bond donors (Lipinski definition) is 1. The molecule has 0 spiro atoms. The summed E-state index contributed by atoms with van der Waals surface area (Å²) in [5, 5.41) is 3.11. The molecule has 0 fully saturated rings. The number of para-hydroxylation sites is 3. The van der Waals surface area contributed by atoms with Crippen LogP contribution >= 0.6 is 0 Å². The predicted octanol–water partition coefficient (Wildman–Crippen LogP) is 8.40. The van der Waals surface area contributed by atoms with E-state index in [9.17, 15) is 14.0 Å². The molecule has 1 atom stereocenters. The maximum Gasteiger partial charge on any atom is 0.252 e. The molecule has 0 unspecified atom stereocenters. The van der Waals surface area contributed by atoms with Crippen molar-refractivity contribution in [2.45, 2.75) is 32.7 Å². The minimum atomic E-state index is -1.08. The summed E-state index contributed by atoms with van der Waals surface area (Å²) in [6.07, 6.45) is 1.07. The lowest BCUT2D eigenvalue weighted by Gasteiger charge is -2.33. The molecule has 6 rings (SSSR count). The van der Waals surface area contributed by atoms with Gasteiger partial charge in [-0.05, 0) is 97.1 Å². The van der Waals surface area contributed by atoms with Crippen molar-refractivity contribution in [1.82, 2.24) is 0 Å². The van der Waals surface area contributed by atoms with E-state index in [2.05, 4.69) is 22.3 Å². The van der Waals surface area contributed by atoms with E-state index in [1.165, 1.54) is 22.6 Å². The van der Waals surface area contributed by atoms with Crippen molar-refractivity contribution in [1.29, 1.82) is 0 Å². The van der Waals surface area contributed by atoms with E-state index in [-0.39, 0.29) is 12.3 Å². The summed E-state index contributed by atoms with van der Waals surface area (Å²) in [5.74, 6) is 0.0902. The first-order valence-corrected chi connectivity index (χ1v) is 15.5. The van der Waals surface area contributed by atoms with Gasteiger partial charge in [0.15, 0.2) is 0 Å². The lowest BCUT2D eigenvalue weighted by molar-refractivity contribution is -0.123. The van der Waals surface area contributed by atoms with Crippen LogP contribution in [-0.4, -0.2) is 24.9 Å². The molecule has 232 valence electrons. The van der Waals surface area contributed by atoms with E-state index in [0.29, 0.717) is 35.0 Å². The topological polar surface area (TPSA) is 61.9 Å². The Bertz CT molecular complexity index is 1820. The van der Waals surface area contributed by atoms with Gasteiger partial charge in [-0.25, -0.2) is 4.39 Å². The molecule has 5 aromatic rings. The van der Waals surface area contributed by atoms with Gasteiger partial charge in [0.2, 0.25) is 5.91 Å². The largest absolute Gasteiger partial charge is 0.457 e. The second kappa shape index (κ2) is 13.7. The summed E-state index contributed by atoms with van der Waals surface area (Å²) < 4.78 is 20.3. The number of nitrogens with zero attached hydrogens (tertiary/aromatic N) is 2. The molecular formula is C39H36FN3O3. The van der Waals surface area contributed by atoms with E-state index in [0.717, 1.165) is 29.8 Å². The van der Waals surface area contributed by atoms with Crippen LogP contribution in [0.4, 0.5) is 21.5 Å². The molecule has 1 aliphatic rings. The predicted molar refractivity (Wildman–Crippen MR) is 181 cm³/mol. The van der Waals surface area contributed by atoms with Gasteiger partial charge in [0.25, 0.3) is 5.91 Å². The SMILES string of the molecule is Cc1cccc(C)c1NC(=O)[C@@H](c1cccc(Oc2ccccc2)c1)N(C(=O)CCN1CCc2ccccc21)c1ccc(F)cc1. The van der Waals surface area contributed by atoms with Crippen molar-refractivity contribution < 1.29 is 18.7 Å². The number of carbonyl (C=O) groups is 2. The Morgan fingerprint density at radius 1 is 0.826 bits per heavy atom. The Balaban J connectivity index is 1.39. The van der Waals surface area contributed by atoms with Crippen molar-refractivity contribution in [2.75, 3.05) is 28.2 Å². The van der Waals surface area contributed by atoms with Crippen LogP contribution in [0.3, 0.4) is 0 Å². The van der Waals surface area contributed by atoms with Gasteiger partial charge in [0.1, 0.15) is 23.4 Å². The molecule has 6 nitrogen and oxygen atoms in total. The van der Waals surface area contributed by atoms with Gasteiger partial charge in [0, 0.05) is 36.6 Å². The Morgan fingerprint density at radius 2 is 1.50 bits per heavy atom. The average molecular weight is 614 g/mol. The molecule has 0 saturated heterocycles. The number of rotatable bonds is 10. The van der Waals surface area contributed by atoms with Crippen molar-refractivity contribution in [2.24, 2.45) is 0 Å². The molecule has 0 radical (unpaired) electrons. The minimum Gasteiger partial charge on any atom is -0.457 e. The first kappa shape index (κ1) is 30.6. The summed E-state index contributed by atoms with van der Waals surface area (Å²) in [4.78, 5) is 32.5. The minimum absolute atomic E-state index is 0.152. The summed E-state index contributed by atoms with van der Waals surface area (Å²) in [7, 11) is 0. The van der Waals surface area contributed by atoms with Gasteiger partial charge in [-0.2, -0.15) is 0 Å². The number of benzene rings is 5. The Labute approximate surface area is 269 Å². The highest BCUT2D eigenvalue weighted by molar-refractivity contribution is 6.06. The van der Waals surface area contributed by atoms with E-state index in [1.54, 1.807) is 24.3 Å². The molecule has 5 aromatic carbocycles. The second-order valence-corrected chi connectivity index (χ2v) is 11.5. The number of carbonyl (C=O) groups excluding carboxylic acids is 2. The third-order valence-electron chi connectivity index (χ3n) is 8.34. The van der Waals surface area contributed by atoms with E-state index in [4.69, 9.17) is 4.74 Å². The fraction of sp³-hybridized carbons (Fsp3) is 0.179. The standard InChI is InChI=1S/C39H36FN3O3/c1-27-10-8-11-28(2)37(27)41-39(45)38(30-13-9-16-34(26-30)46-33-14-4-3-5-15-33)43(32-20-18-31(40)19-21-32)36(44)23-25-42-24-22-29-12-6-7-17-35(29)42/h3-21,26,38H,22-25H2,1-2H3,(H,41,45)/t38-/m1/s1. The van der Waals surface area contributed by atoms with E-state index >= 15 is 0 Å². The molecule has 0 aromatic heterocycles. The molecule has 0 bridgehead atoms. The quantitative estimate of drug-likeness (QED) is 0.172. The van der Waals surface area contributed by atoms with Crippen molar-refractivity contribution >= 4 is 28.9 Å². The lowest BCUT2D eigenvalue weighted by Crippen LogP contribution is -2.43. The highest BCUT2D eigenvalue weighted by Gasteiger charge is 2.34. The molecule has 2 amide bonds. The van der Waals surface area contributed by atoms with Crippen molar-refractivity contribution in [3.05, 3.63) is 149 Å². The van der Waals surface area contributed by atoms with Crippen LogP contribution in [0, 0.1) is 19.7 Å². The van der Waals surface area contributed by atoms with Gasteiger partial charge >= 0.3 is 0 Å². The Morgan fingerprint density at radius 3 is 2.26 bits per heavy atom. The highest BCUT2D eigenvalue weighted by atomic mass is 19.1. The first-order chi connectivity index (χ1) is 22.4. The normalized spacial score (nSPS) is 12.7. The van der Waals surface area contributed by atoms with Gasteiger partial charge < -0.3 is 15.0 Å². The number of nitrogens with one attached hydrogen (secondary N) is 1. The molecule has 1 aliphatic heterocycles. The number of anilines is 3. The lowest BCUT2D eigenvalue weighted by atomic mass is 10.0. The monoisotopic (exact) mass is 613 g/mol. The van der Waals surface area contributed by atoms with Gasteiger partial charge in [-0.3, -0.25) is 14.5 Å². The van der Waals surface area contributed by atoms with Crippen LogP contribution in [-0.2, 0) is 16.0 Å². The van der Waals surface area contributed by atoms with E-state index < -0.39 is 17.8 Å². The summed E-state index contributed by atoms with van der Waals surface area (Å²) in [6.45, 7) is 5.17. The van der Waals surface area contributed by atoms with Crippen LogP contribution in [0.2, 0.25) is 0 Å². The summed E-state index contributed by atoms with van der Waals surface area (Å²) in [5.41, 5.74) is 5.85. The maximum atomic E-state index is 14.5. The van der Waals surface area contributed by atoms with Gasteiger partial charge in [0.05, 0.1) is 0 Å². The summed E-state index contributed by atoms with van der Waals surface area (Å²) >= 11 is 0. The van der Waals surface area contributed by atoms with Gasteiger partial charge in [-0.15, -0.1) is 0 Å². The van der Waals surface area contributed by atoms with E-state index in [1.807, 2.05) is 86.6 Å². The number of ether oxygens (including phenoxy) is 1. The maximum absolute atomic E-state index is 14.5. The second-order valence-electron chi connectivity index (χ2n) is 11.5. The number of aryl methyl sites for hydroxylation is 2. The third kappa shape index (κ3) is 6.79. The molecule has 7 heteroatoms. The molecule has 1 heterocycles. The highest BCUT2D eigenvalue weighted by Crippen LogP contribution is 2.34. The number of fused-ring (bicyclic) bond motifs is 1. The van der Waals surface area contributed by atoms with Crippen LogP contribution in [0.5, 0.6) is 11.5 Å². The molecule has 0 saturated carbocycles. The zero-order valence-corrected chi connectivity index (χ0v) is 25.9. The zero-order chi connectivity index (χ0) is 32.0. The number of halogens is 1. The molecule has 46 heavy (non-hydrogen) atoms.